The van der Waals surface area contributed by atoms with E-state index < -0.39 is 0 Å². The molecule has 0 spiro atoms. The van der Waals surface area contributed by atoms with Crippen molar-refractivity contribution in [3.8, 4) is 17.6 Å². The second-order valence-electron chi connectivity index (χ2n) is 3.60. The molecule has 1 aromatic rings. The van der Waals surface area contributed by atoms with Gasteiger partial charge in [-0.2, -0.15) is 5.26 Å². The van der Waals surface area contributed by atoms with E-state index >= 15 is 0 Å². The van der Waals surface area contributed by atoms with Crippen molar-refractivity contribution in [1.29, 1.82) is 5.26 Å². The van der Waals surface area contributed by atoms with Crippen molar-refractivity contribution >= 4 is 5.91 Å². The maximum Gasteiger partial charge on any atom is 0.219 e. The number of carbonyl (C=O) groups excluding carboxylic acids is 1. The number of methoxy groups -OCH3 is 1. The molecule has 18 heavy (non-hydrogen) atoms. The third-order valence-corrected chi connectivity index (χ3v) is 2.38. The average molecular weight is 248 g/mol. The predicted octanol–water partition coefficient (Wildman–Crippen LogP) is 1.47. The molecule has 0 saturated carbocycles. The van der Waals surface area contributed by atoms with Crippen LogP contribution in [-0.4, -0.2) is 26.7 Å². The van der Waals surface area contributed by atoms with Crippen LogP contribution < -0.4 is 14.8 Å². The molecule has 0 saturated heterocycles. The first kappa shape index (κ1) is 13.8. The van der Waals surface area contributed by atoms with Gasteiger partial charge in [-0.15, -0.1) is 0 Å². The van der Waals surface area contributed by atoms with Gasteiger partial charge >= 0.3 is 0 Å². The Bertz CT molecular complexity index is 452. The van der Waals surface area contributed by atoms with Crippen LogP contribution in [0.4, 0.5) is 0 Å². The lowest BCUT2D eigenvalue weighted by Gasteiger charge is -2.10. The summed E-state index contributed by atoms with van der Waals surface area (Å²) in [6.45, 7) is 0.426. The van der Waals surface area contributed by atoms with Gasteiger partial charge in [-0.05, 0) is 18.6 Å². The molecule has 1 N–H and O–H groups in total. The van der Waals surface area contributed by atoms with Crippen molar-refractivity contribution in [2.75, 3.05) is 20.8 Å². The Morgan fingerprint density at radius 1 is 1.44 bits per heavy atom. The van der Waals surface area contributed by atoms with Crippen LogP contribution >= 0.6 is 0 Å². The van der Waals surface area contributed by atoms with Gasteiger partial charge in [0.15, 0.2) is 11.5 Å². The maximum absolute atomic E-state index is 11.0. The molecule has 0 bridgehead atoms. The Balaban J connectivity index is 2.52. The molecule has 1 rings (SSSR count). The van der Waals surface area contributed by atoms with Crippen molar-refractivity contribution < 1.29 is 14.3 Å². The number of hydrogen-bond acceptors (Lipinski definition) is 4. The minimum atomic E-state index is -0.00889. The number of benzene rings is 1. The fourth-order valence-corrected chi connectivity index (χ4v) is 1.40. The molecule has 1 amide bonds. The van der Waals surface area contributed by atoms with Crippen LogP contribution in [0.5, 0.6) is 11.5 Å². The van der Waals surface area contributed by atoms with Gasteiger partial charge < -0.3 is 14.8 Å². The fraction of sp³-hybridized carbons (Fsp3) is 0.385. The van der Waals surface area contributed by atoms with Crippen LogP contribution in [0.1, 0.15) is 18.4 Å². The van der Waals surface area contributed by atoms with Gasteiger partial charge in [-0.1, -0.05) is 0 Å². The van der Waals surface area contributed by atoms with E-state index in [4.69, 9.17) is 14.7 Å². The Labute approximate surface area is 106 Å². The number of rotatable bonds is 6. The molecule has 0 radical (unpaired) electrons. The largest absolute Gasteiger partial charge is 0.493 e. The van der Waals surface area contributed by atoms with Crippen LogP contribution in [0.25, 0.3) is 0 Å². The SMILES string of the molecule is CNC(=O)CCCOc1ccc(C#N)cc1OC. The lowest BCUT2D eigenvalue weighted by Crippen LogP contribution is -2.18. The number of amides is 1. The lowest BCUT2D eigenvalue weighted by molar-refractivity contribution is -0.120. The molecule has 5 heteroatoms. The summed E-state index contributed by atoms with van der Waals surface area (Å²) in [6, 6.07) is 7.00. The standard InChI is InChI=1S/C13H16N2O3/c1-15-13(16)4-3-7-18-11-6-5-10(9-14)8-12(11)17-2/h5-6,8H,3-4,7H2,1-2H3,(H,15,16). The summed E-state index contributed by atoms with van der Waals surface area (Å²) in [5.41, 5.74) is 0.518. The molecule has 5 nitrogen and oxygen atoms in total. The normalized spacial score (nSPS) is 9.39. The summed E-state index contributed by atoms with van der Waals surface area (Å²) >= 11 is 0. The molecule has 0 fully saturated rings. The van der Waals surface area contributed by atoms with Gasteiger partial charge in [-0.3, -0.25) is 4.79 Å². The monoisotopic (exact) mass is 248 g/mol. The molecule has 0 atom stereocenters. The zero-order chi connectivity index (χ0) is 13.4. The number of carbonyl (C=O) groups is 1. The molecule has 0 aliphatic carbocycles. The van der Waals surface area contributed by atoms with Gasteiger partial charge in [0.05, 0.1) is 25.3 Å². The maximum atomic E-state index is 11.0. The topological polar surface area (TPSA) is 71.3 Å². The van der Waals surface area contributed by atoms with Crippen LogP contribution in [0.15, 0.2) is 18.2 Å². The highest BCUT2D eigenvalue weighted by atomic mass is 16.5. The molecule has 0 aliphatic heterocycles. The van der Waals surface area contributed by atoms with Crippen molar-refractivity contribution in [3.63, 3.8) is 0 Å². The summed E-state index contributed by atoms with van der Waals surface area (Å²) in [5, 5.41) is 11.3. The zero-order valence-electron chi connectivity index (χ0n) is 10.5. The van der Waals surface area contributed by atoms with Crippen molar-refractivity contribution in [3.05, 3.63) is 23.8 Å². The van der Waals surface area contributed by atoms with Crippen LogP contribution in [0, 0.1) is 11.3 Å². The highest BCUT2D eigenvalue weighted by Crippen LogP contribution is 2.27. The number of nitrogens with one attached hydrogen (secondary N) is 1. The number of nitriles is 1. The van der Waals surface area contributed by atoms with E-state index in [9.17, 15) is 4.79 Å². The molecule has 0 unspecified atom stereocenters. The number of nitrogens with zero attached hydrogens (tertiary/aromatic N) is 1. The summed E-state index contributed by atoms with van der Waals surface area (Å²) in [6.07, 6.45) is 1.05. The molecule has 0 aromatic heterocycles. The molecular weight excluding hydrogens is 232 g/mol. The van der Waals surface area contributed by atoms with E-state index in [1.807, 2.05) is 6.07 Å². The van der Waals surface area contributed by atoms with Crippen LogP contribution in [-0.2, 0) is 4.79 Å². The molecule has 1 aromatic carbocycles. The zero-order valence-corrected chi connectivity index (χ0v) is 10.5. The fourth-order valence-electron chi connectivity index (χ4n) is 1.40. The molecular formula is C13H16N2O3. The van der Waals surface area contributed by atoms with Crippen molar-refractivity contribution in [2.24, 2.45) is 0 Å². The Morgan fingerprint density at radius 2 is 2.22 bits per heavy atom. The first-order valence-corrected chi connectivity index (χ1v) is 5.62. The Hall–Kier alpha value is -2.22. The molecule has 96 valence electrons. The van der Waals surface area contributed by atoms with E-state index in [1.54, 1.807) is 25.2 Å². The van der Waals surface area contributed by atoms with E-state index in [2.05, 4.69) is 5.32 Å². The third kappa shape index (κ3) is 3.98. The highest BCUT2D eigenvalue weighted by molar-refractivity contribution is 5.75. The van der Waals surface area contributed by atoms with Crippen LogP contribution in [0.2, 0.25) is 0 Å². The summed E-state index contributed by atoms with van der Waals surface area (Å²) in [5.74, 6) is 1.09. The first-order chi connectivity index (χ1) is 8.71. The van der Waals surface area contributed by atoms with E-state index in [0.29, 0.717) is 36.5 Å². The first-order valence-electron chi connectivity index (χ1n) is 5.62. The quantitative estimate of drug-likeness (QED) is 0.774. The third-order valence-electron chi connectivity index (χ3n) is 2.38. The number of hydrogen-bond donors (Lipinski definition) is 1. The summed E-state index contributed by atoms with van der Waals surface area (Å²) in [7, 11) is 3.13. The predicted molar refractivity (Wildman–Crippen MR) is 66.5 cm³/mol. The van der Waals surface area contributed by atoms with Crippen molar-refractivity contribution in [1.82, 2.24) is 5.32 Å². The number of ether oxygens (including phenoxy) is 2. The van der Waals surface area contributed by atoms with E-state index in [0.717, 1.165) is 0 Å². The Kier molecular flexibility index (Phi) is 5.52. The summed E-state index contributed by atoms with van der Waals surface area (Å²) in [4.78, 5) is 11.0. The van der Waals surface area contributed by atoms with E-state index in [1.165, 1.54) is 7.11 Å². The highest BCUT2D eigenvalue weighted by Gasteiger charge is 2.06. The average Bonchev–Trinajstić information content (AvgIpc) is 2.43. The van der Waals surface area contributed by atoms with Crippen LogP contribution in [0.3, 0.4) is 0 Å². The van der Waals surface area contributed by atoms with Crippen molar-refractivity contribution in [2.45, 2.75) is 12.8 Å². The van der Waals surface area contributed by atoms with Gasteiger partial charge in [0.25, 0.3) is 0 Å². The van der Waals surface area contributed by atoms with Gasteiger partial charge in [-0.25, -0.2) is 0 Å². The lowest BCUT2D eigenvalue weighted by atomic mass is 10.2. The minimum absolute atomic E-state index is 0.00889. The minimum Gasteiger partial charge on any atom is -0.493 e. The van der Waals surface area contributed by atoms with E-state index in [-0.39, 0.29) is 5.91 Å². The van der Waals surface area contributed by atoms with Gasteiger partial charge in [0.2, 0.25) is 5.91 Å². The summed E-state index contributed by atoms with van der Waals surface area (Å²) < 4.78 is 10.6. The van der Waals surface area contributed by atoms with Gasteiger partial charge in [0, 0.05) is 19.5 Å². The van der Waals surface area contributed by atoms with Gasteiger partial charge in [0.1, 0.15) is 0 Å². The molecule has 0 heterocycles. The second-order valence-corrected chi connectivity index (χ2v) is 3.60. The second kappa shape index (κ2) is 7.17. The Morgan fingerprint density at radius 3 is 2.83 bits per heavy atom. The smallest absolute Gasteiger partial charge is 0.219 e. The molecule has 0 aliphatic rings.